The molecular formula is C10H8N4. The minimum absolute atomic E-state index is 0.902. The zero-order valence-electron chi connectivity index (χ0n) is 7.65. The van der Waals surface area contributed by atoms with E-state index in [1.807, 2.05) is 25.3 Å². The van der Waals surface area contributed by atoms with Crippen molar-refractivity contribution in [2.24, 2.45) is 0 Å². The molecule has 0 atom stereocenters. The summed E-state index contributed by atoms with van der Waals surface area (Å²) in [5.41, 5.74) is 3.83. The van der Waals surface area contributed by atoms with Gasteiger partial charge in [0.05, 0.1) is 28.4 Å². The molecule has 0 saturated heterocycles. The van der Waals surface area contributed by atoms with Crippen molar-refractivity contribution in [2.45, 2.75) is 6.92 Å². The lowest BCUT2D eigenvalue weighted by Crippen LogP contribution is -1.86. The Kier molecular flexibility index (Phi) is 1.33. The maximum atomic E-state index is 4.42. The van der Waals surface area contributed by atoms with Crippen molar-refractivity contribution in [1.29, 1.82) is 0 Å². The first-order chi connectivity index (χ1) is 6.84. The van der Waals surface area contributed by atoms with Crippen molar-refractivity contribution >= 4 is 21.9 Å². The fraction of sp³-hybridized carbons (Fsp3) is 0.100. The Balaban J connectivity index is 2.57. The van der Waals surface area contributed by atoms with Gasteiger partial charge in [-0.05, 0) is 19.1 Å². The smallest absolute Gasteiger partial charge is 0.0967 e. The van der Waals surface area contributed by atoms with Crippen LogP contribution in [0.3, 0.4) is 0 Å². The molecule has 1 aromatic carbocycles. The fourth-order valence-electron chi connectivity index (χ4n) is 1.61. The van der Waals surface area contributed by atoms with Gasteiger partial charge in [0.15, 0.2) is 0 Å². The molecule has 14 heavy (non-hydrogen) atoms. The molecule has 0 aliphatic rings. The Morgan fingerprint density at radius 3 is 3.00 bits per heavy atom. The summed E-state index contributed by atoms with van der Waals surface area (Å²) in [5.74, 6) is 0. The lowest BCUT2D eigenvalue weighted by molar-refractivity contribution is 1.12. The first-order valence-electron chi connectivity index (χ1n) is 4.41. The van der Waals surface area contributed by atoms with E-state index in [1.54, 1.807) is 6.20 Å². The van der Waals surface area contributed by atoms with Crippen molar-refractivity contribution in [2.75, 3.05) is 0 Å². The van der Waals surface area contributed by atoms with E-state index in [-0.39, 0.29) is 0 Å². The van der Waals surface area contributed by atoms with Gasteiger partial charge >= 0.3 is 0 Å². The number of nitrogens with one attached hydrogen (secondary N) is 1. The summed E-state index contributed by atoms with van der Waals surface area (Å²) in [7, 11) is 0. The molecule has 0 aliphatic carbocycles. The van der Waals surface area contributed by atoms with Crippen LogP contribution >= 0.6 is 0 Å². The van der Waals surface area contributed by atoms with Crippen molar-refractivity contribution in [3.8, 4) is 0 Å². The zero-order valence-corrected chi connectivity index (χ0v) is 7.65. The first kappa shape index (κ1) is 7.44. The molecule has 0 aliphatic heterocycles. The summed E-state index contributed by atoms with van der Waals surface area (Å²) < 4.78 is 0. The van der Waals surface area contributed by atoms with E-state index < -0.39 is 0 Å². The van der Waals surface area contributed by atoms with Crippen molar-refractivity contribution in [1.82, 2.24) is 20.2 Å². The highest BCUT2D eigenvalue weighted by Crippen LogP contribution is 2.19. The molecule has 2 aromatic heterocycles. The van der Waals surface area contributed by atoms with Gasteiger partial charge in [0.1, 0.15) is 0 Å². The predicted molar refractivity (Wildman–Crippen MR) is 53.9 cm³/mol. The second kappa shape index (κ2) is 2.51. The number of rotatable bonds is 0. The predicted octanol–water partition coefficient (Wildman–Crippen LogP) is 1.81. The van der Waals surface area contributed by atoms with Crippen LogP contribution in [0.1, 0.15) is 5.69 Å². The molecule has 4 nitrogen and oxygen atoms in total. The summed E-state index contributed by atoms with van der Waals surface area (Å²) in [6.45, 7) is 1.96. The Hall–Kier alpha value is -1.97. The Morgan fingerprint density at radius 1 is 1.21 bits per heavy atom. The van der Waals surface area contributed by atoms with Crippen LogP contribution in [-0.2, 0) is 0 Å². The fourth-order valence-corrected chi connectivity index (χ4v) is 1.61. The van der Waals surface area contributed by atoms with Gasteiger partial charge in [0.2, 0.25) is 0 Å². The summed E-state index contributed by atoms with van der Waals surface area (Å²) in [4.78, 5) is 7.62. The van der Waals surface area contributed by atoms with E-state index in [0.717, 1.165) is 27.6 Å². The van der Waals surface area contributed by atoms with Gasteiger partial charge in [-0.2, -0.15) is 10.2 Å². The second-order valence-corrected chi connectivity index (χ2v) is 3.28. The maximum absolute atomic E-state index is 4.42. The number of aryl methyl sites for hydroxylation is 1. The number of aromatic nitrogens is 4. The van der Waals surface area contributed by atoms with E-state index in [9.17, 15) is 0 Å². The molecule has 0 fully saturated rings. The van der Waals surface area contributed by atoms with Crippen LogP contribution in [0.4, 0.5) is 0 Å². The third-order valence-electron chi connectivity index (χ3n) is 2.28. The molecule has 3 rings (SSSR count). The summed E-state index contributed by atoms with van der Waals surface area (Å²) in [6, 6.07) is 3.89. The SMILES string of the molecule is Cc1c[nH]c2c(ccc3nncc32)n1. The molecule has 4 heteroatoms. The largest absolute Gasteiger partial charge is 0.358 e. The molecule has 68 valence electrons. The third-order valence-corrected chi connectivity index (χ3v) is 2.28. The zero-order chi connectivity index (χ0) is 9.54. The molecule has 0 radical (unpaired) electrons. The van der Waals surface area contributed by atoms with E-state index >= 15 is 0 Å². The first-order valence-corrected chi connectivity index (χ1v) is 4.41. The van der Waals surface area contributed by atoms with Crippen molar-refractivity contribution in [3.63, 3.8) is 0 Å². The quantitative estimate of drug-likeness (QED) is 0.579. The highest BCUT2D eigenvalue weighted by atomic mass is 15.1. The number of hydrogen-bond acceptors (Lipinski definition) is 3. The molecule has 0 bridgehead atoms. The van der Waals surface area contributed by atoms with Crippen LogP contribution in [0.5, 0.6) is 0 Å². The van der Waals surface area contributed by atoms with Gasteiger partial charge in [0, 0.05) is 11.6 Å². The molecule has 2 heterocycles. The number of nitrogens with zero attached hydrogens (tertiary/aromatic N) is 3. The van der Waals surface area contributed by atoms with Crippen molar-refractivity contribution < 1.29 is 0 Å². The van der Waals surface area contributed by atoms with Gasteiger partial charge in [-0.1, -0.05) is 0 Å². The monoisotopic (exact) mass is 184 g/mol. The number of fused-ring (bicyclic) bond motifs is 3. The van der Waals surface area contributed by atoms with Gasteiger partial charge in [-0.15, -0.1) is 0 Å². The second-order valence-electron chi connectivity index (χ2n) is 3.28. The molecule has 0 saturated carbocycles. The molecule has 3 aromatic rings. The Morgan fingerprint density at radius 2 is 2.07 bits per heavy atom. The summed E-state index contributed by atoms with van der Waals surface area (Å²) in [5, 5.41) is 8.89. The average molecular weight is 184 g/mol. The van der Waals surface area contributed by atoms with Crippen LogP contribution in [0.25, 0.3) is 21.9 Å². The molecule has 0 unspecified atom stereocenters. The van der Waals surface area contributed by atoms with Crippen LogP contribution in [0.2, 0.25) is 0 Å². The van der Waals surface area contributed by atoms with Crippen LogP contribution in [0.15, 0.2) is 24.5 Å². The molecule has 0 spiro atoms. The van der Waals surface area contributed by atoms with E-state index in [1.165, 1.54) is 0 Å². The Bertz CT molecular complexity index is 612. The number of aromatic amines is 1. The van der Waals surface area contributed by atoms with Gasteiger partial charge in [0.25, 0.3) is 0 Å². The van der Waals surface area contributed by atoms with Crippen LogP contribution < -0.4 is 0 Å². The Labute approximate surface area is 80.0 Å². The number of hydrogen-bond donors (Lipinski definition) is 1. The molecule has 0 amide bonds. The highest BCUT2D eigenvalue weighted by Gasteiger charge is 2.03. The van der Waals surface area contributed by atoms with Gasteiger partial charge in [-0.25, -0.2) is 0 Å². The van der Waals surface area contributed by atoms with Gasteiger partial charge < -0.3 is 4.98 Å². The topological polar surface area (TPSA) is 54.5 Å². The molecular weight excluding hydrogens is 176 g/mol. The lowest BCUT2D eigenvalue weighted by atomic mass is 10.2. The normalized spacial score (nSPS) is 11.2. The number of benzene rings is 1. The minimum atomic E-state index is 0.902. The summed E-state index contributed by atoms with van der Waals surface area (Å²) >= 11 is 0. The third kappa shape index (κ3) is 0.907. The summed E-state index contributed by atoms with van der Waals surface area (Å²) in [6.07, 6.45) is 3.64. The standard InChI is InChI=1S/C10H8N4/c1-6-4-11-10-7-5-12-14-8(7)2-3-9(10)13-6/h2-5,11H,1H3. The van der Waals surface area contributed by atoms with E-state index in [2.05, 4.69) is 20.2 Å². The number of H-pyrrole nitrogens is 1. The molecule has 1 N–H and O–H groups in total. The van der Waals surface area contributed by atoms with Crippen molar-refractivity contribution in [3.05, 3.63) is 30.2 Å². The van der Waals surface area contributed by atoms with E-state index in [0.29, 0.717) is 0 Å². The van der Waals surface area contributed by atoms with Crippen LogP contribution in [-0.4, -0.2) is 20.2 Å². The van der Waals surface area contributed by atoms with Gasteiger partial charge in [-0.3, -0.25) is 4.98 Å². The highest BCUT2D eigenvalue weighted by molar-refractivity contribution is 6.01. The maximum Gasteiger partial charge on any atom is 0.0967 e. The van der Waals surface area contributed by atoms with Crippen LogP contribution in [0, 0.1) is 6.92 Å². The average Bonchev–Trinajstić information content (AvgIpc) is 2.65. The minimum Gasteiger partial charge on any atom is -0.358 e. The lowest BCUT2D eigenvalue weighted by Gasteiger charge is -1.99. The van der Waals surface area contributed by atoms with E-state index in [4.69, 9.17) is 0 Å².